The highest BCUT2D eigenvalue weighted by Crippen LogP contribution is 2.23. The Bertz CT molecular complexity index is 803. The average molecular weight is 337 g/mol. The molecule has 5 heteroatoms. The third-order valence-corrected chi connectivity index (χ3v) is 3.68. The van der Waals surface area contributed by atoms with Gasteiger partial charge < -0.3 is 14.8 Å². The molecule has 0 bridgehead atoms. The molecule has 1 N–H and O–H groups in total. The van der Waals surface area contributed by atoms with Gasteiger partial charge >= 0.3 is 11.9 Å². The maximum atomic E-state index is 11.9. The van der Waals surface area contributed by atoms with Gasteiger partial charge in [0.1, 0.15) is 0 Å². The first-order valence-corrected chi connectivity index (χ1v) is 7.99. The van der Waals surface area contributed by atoms with E-state index in [1.807, 2.05) is 42.5 Å². The molecule has 3 rings (SSSR count). The van der Waals surface area contributed by atoms with E-state index in [9.17, 15) is 9.59 Å². The second-order valence-corrected chi connectivity index (χ2v) is 6.24. The Morgan fingerprint density at radius 2 is 1.56 bits per heavy atom. The Balaban J connectivity index is 1.72. The summed E-state index contributed by atoms with van der Waals surface area (Å²) in [5, 5.41) is 2.97. The molecule has 1 fully saturated rings. The molecule has 5 nitrogen and oxygen atoms in total. The number of hydrogen-bond donors (Lipinski definition) is 1. The van der Waals surface area contributed by atoms with Gasteiger partial charge in [0.2, 0.25) is 0 Å². The predicted octanol–water partition coefficient (Wildman–Crippen LogP) is 3.41. The maximum Gasteiger partial charge on any atom is 0.350 e. The molecule has 0 saturated carbocycles. The topological polar surface area (TPSA) is 64.6 Å². The number of hydrogen-bond acceptors (Lipinski definition) is 5. The van der Waals surface area contributed by atoms with Gasteiger partial charge in [-0.3, -0.25) is 0 Å². The predicted molar refractivity (Wildman–Crippen MR) is 93.7 cm³/mol. The van der Waals surface area contributed by atoms with Crippen LogP contribution in [0.15, 0.2) is 66.4 Å². The van der Waals surface area contributed by atoms with Crippen LogP contribution in [0.1, 0.15) is 25.0 Å². The summed E-state index contributed by atoms with van der Waals surface area (Å²) in [5.74, 6) is -2.63. The lowest BCUT2D eigenvalue weighted by molar-refractivity contribution is -0.222. The van der Waals surface area contributed by atoms with Crippen LogP contribution in [-0.4, -0.2) is 17.7 Å². The molecule has 1 saturated heterocycles. The van der Waals surface area contributed by atoms with E-state index < -0.39 is 17.7 Å². The Morgan fingerprint density at radius 3 is 2.24 bits per heavy atom. The molecule has 128 valence electrons. The van der Waals surface area contributed by atoms with Gasteiger partial charge in [-0.25, -0.2) is 9.59 Å². The van der Waals surface area contributed by atoms with Crippen LogP contribution in [0.25, 0.3) is 0 Å². The van der Waals surface area contributed by atoms with Crippen LogP contribution in [0.5, 0.6) is 0 Å². The third kappa shape index (κ3) is 4.26. The molecule has 25 heavy (non-hydrogen) atoms. The first-order chi connectivity index (χ1) is 11.9. The van der Waals surface area contributed by atoms with Crippen LogP contribution in [0.2, 0.25) is 0 Å². The Labute approximate surface area is 146 Å². The summed E-state index contributed by atoms with van der Waals surface area (Å²) in [6.07, 6.45) is 2.12. The summed E-state index contributed by atoms with van der Waals surface area (Å²) >= 11 is 0. The summed E-state index contributed by atoms with van der Waals surface area (Å²) in [6, 6.07) is 17.9. The highest BCUT2D eigenvalue weighted by atomic mass is 16.7. The van der Waals surface area contributed by atoms with Crippen molar-refractivity contribution in [2.24, 2.45) is 0 Å². The largest absolute Gasteiger partial charge is 0.419 e. The lowest BCUT2D eigenvalue weighted by Gasteiger charge is -2.29. The number of benzene rings is 2. The molecule has 0 unspecified atom stereocenters. The van der Waals surface area contributed by atoms with Crippen molar-refractivity contribution in [3.05, 3.63) is 77.5 Å². The van der Waals surface area contributed by atoms with E-state index >= 15 is 0 Å². The minimum atomic E-state index is -1.24. The van der Waals surface area contributed by atoms with Crippen LogP contribution in [-0.2, 0) is 25.5 Å². The van der Waals surface area contributed by atoms with Crippen molar-refractivity contribution < 1.29 is 19.1 Å². The second-order valence-electron chi connectivity index (χ2n) is 6.24. The van der Waals surface area contributed by atoms with Gasteiger partial charge in [0, 0.05) is 25.7 Å². The summed E-state index contributed by atoms with van der Waals surface area (Å²) in [4.78, 5) is 23.8. The van der Waals surface area contributed by atoms with Crippen molar-refractivity contribution in [1.29, 1.82) is 0 Å². The summed E-state index contributed by atoms with van der Waals surface area (Å²) < 4.78 is 10.1. The minimum absolute atomic E-state index is 0.159. The van der Waals surface area contributed by atoms with Crippen molar-refractivity contribution in [2.45, 2.75) is 26.1 Å². The molecular formula is C20H19NO4. The van der Waals surface area contributed by atoms with Crippen LogP contribution in [0.3, 0.4) is 0 Å². The van der Waals surface area contributed by atoms with Gasteiger partial charge in [-0.1, -0.05) is 42.5 Å². The summed E-state index contributed by atoms with van der Waals surface area (Å²) in [7, 11) is 0. The van der Waals surface area contributed by atoms with Gasteiger partial charge in [-0.15, -0.1) is 0 Å². The molecule has 2 aromatic carbocycles. The number of rotatable bonds is 4. The Morgan fingerprint density at radius 1 is 0.920 bits per heavy atom. The smallest absolute Gasteiger partial charge is 0.350 e. The monoisotopic (exact) mass is 337 g/mol. The Kier molecular flexibility index (Phi) is 4.57. The van der Waals surface area contributed by atoms with E-state index in [2.05, 4.69) is 17.4 Å². The number of cyclic esters (lactones) is 2. The van der Waals surface area contributed by atoms with E-state index in [0.717, 1.165) is 17.7 Å². The number of anilines is 1. The van der Waals surface area contributed by atoms with Crippen molar-refractivity contribution in [3.8, 4) is 0 Å². The van der Waals surface area contributed by atoms with Crippen LogP contribution >= 0.6 is 0 Å². The van der Waals surface area contributed by atoms with Crippen molar-refractivity contribution >= 4 is 17.6 Å². The Hall–Kier alpha value is -3.08. The first kappa shape index (κ1) is 16.8. The number of carbonyl (C=O) groups excluding carboxylic acids is 2. The molecular weight excluding hydrogens is 318 g/mol. The second kappa shape index (κ2) is 6.81. The van der Waals surface area contributed by atoms with Crippen LogP contribution in [0.4, 0.5) is 5.69 Å². The highest BCUT2D eigenvalue weighted by Gasteiger charge is 2.38. The van der Waals surface area contributed by atoms with E-state index in [1.54, 1.807) is 0 Å². The molecule has 0 atom stereocenters. The van der Waals surface area contributed by atoms with Crippen molar-refractivity contribution in [2.75, 3.05) is 5.32 Å². The standard InChI is InChI=1S/C20H19NO4/c1-20(2)24-18(22)17(19(23)25-20)13-21-16-10-6-9-15(12-16)11-14-7-4-3-5-8-14/h3-10,12-13,21H,11H2,1-2H3. The van der Waals surface area contributed by atoms with Gasteiger partial charge in [-0.2, -0.15) is 0 Å². The van der Waals surface area contributed by atoms with Gasteiger partial charge in [0.25, 0.3) is 5.79 Å². The fourth-order valence-corrected chi connectivity index (χ4v) is 2.54. The molecule has 0 amide bonds. The van der Waals surface area contributed by atoms with E-state index in [1.165, 1.54) is 25.6 Å². The van der Waals surface area contributed by atoms with E-state index in [-0.39, 0.29) is 5.57 Å². The lowest BCUT2D eigenvalue weighted by atomic mass is 10.0. The highest BCUT2D eigenvalue weighted by molar-refractivity contribution is 6.15. The number of nitrogens with one attached hydrogen (secondary N) is 1. The zero-order valence-electron chi connectivity index (χ0n) is 14.1. The van der Waals surface area contributed by atoms with E-state index in [0.29, 0.717) is 0 Å². The fourth-order valence-electron chi connectivity index (χ4n) is 2.54. The third-order valence-electron chi connectivity index (χ3n) is 3.68. The molecule has 0 aliphatic carbocycles. The van der Waals surface area contributed by atoms with Gasteiger partial charge in [0.15, 0.2) is 5.57 Å². The quantitative estimate of drug-likeness (QED) is 0.526. The fraction of sp³-hybridized carbons (Fsp3) is 0.200. The molecule has 1 aliphatic rings. The average Bonchev–Trinajstić information content (AvgIpc) is 2.54. The SMILES string of the molecule is CC1(C)OC(=O)C(=CNc2cccc(Cc3ccccc3)c2)C(=O)O1. The van der Waals surface area contributed by atoms with Gasteiger partial charge in [0.05, 0.1) is 0 Å². The molecule has 0 radical (unpaired) electrons. The normalized spacial score (nSPS) is 16.0. The van der Waals surface area contributed by atoms with Crippen molar-refractivity contribution in [3.63, 3.8) is 0 Å². The maximum absolute atomic E-state index is 11.9. The van der Waals surface area contributed by atoms with E-state index in [4.69, 9.17) is 9.47 Å². The molecule has 1 heterocycles. The zero-order valence-corrected chi connectivity index (χ0v) is 14.1. The molecule has 0 spiro atoms. The van der Waals surface area contributed by atoms with Gasteiger partial charge in [-0.05, 0) is 29.7 Å². The minimum Gasteiger partial charge on any atom is -0.419 e. The zero-order chi connectivity index (χ0) is 17.9. The number of ether oxygens (including phenoxy) is 2. The molecule has 2 aromatic rings. The molecule has 0 aromatic heterocycles. The number of carbonyl (C=O) groups is 2. The summed E-state index contributed by atoms with van der Waals surface area (Å²) in [5.41, 5.74) is 2.93. The van der Waals surface area contributed by atoms with Crippen LogP contribution < -0.4 is 5.32 Å². The van der Waals surface area contributed by atoms with Crippen LogP contribution in [0, 0.1) is 0 Å². The first-order valence-electron chi connectivity index (χ1n) is 7.99. The number of esters is 2. The lowest BCUT2D eigenvalue weighted by Crippen LogP contribution is -2.42. The summed E-state index contributed by atoms with van der Waals surface area (Å²) in [6.45, 7) is 3.03. The molecule has 1 aliphatic heterocycles. The van der Waals surface area contributed by atoms with Crippen molar-refractivity contribution in [1.82, 2.24) is 0 Å².